The van der Waals surface area contributed by atoms with Crippen LogP contribution < -0.4 is 5.11 Å². The molecule has 3 saturated heterocycles. The number of amides is 1. The van der Waals surface area contributed by atoms with E-state index in [0.29, 0.717) is 5.92 Å². The van der Waals surface area contributed by atoms with E-state index < -0.39 is 6.09 Å². The summed E-state index contributed by atoms with van der Waals surface area (Å²) < 4.78 is 0. The van der Waals surface area contributed by atoms with E-state index in [1.807, 2.05) is 0 Å². The lowest BCUT2D eigenvalue weighted by Gasteiger charge is -2.53. The Bertz CT molecular complexity index is 1030. The van der Waals surface area contributed by atoms with E-state index in [1.165, 1.54) is 33.4 Å². The zero-order chi connectivity index (χ0) is 23.3. The highest BCUT2D eigenvalue weighted by Gasteiger charge is 2.48. The molecular formula is C29H37N2O2-. The third kappa shape index (κ3) is 3.97. The Balaban J connectivity index is 1.52. The van der Waals surface area contributed by atoms with Gasteiger partial charge in [0.1, 0.15) is 6.09 Å². The number of fused-ring (bicyclic) bond motifs is 4. The van der Waals surface area contributed by atoms with Crippen molar-refractivity contribution in [2.24, 2.45) is 11.3 Å². The second-order valence-corrected chi connectivity index (χ2v) is 11.3. The highest BCUT2D eigenvalue weighted by Crippen LogP contribution is 2.52. The maximum atomic E-state index is 12.6. The van der Waals surface area contributed by atoms with Crippen LogP contribution in [0.4, 0.5) is 4.79 Å². The van der Waals surface area contributed by atoms with Gasteiger partial charge in [-0.05, 0) is 90.4 Å². The Labute approximate surface area is 198 Å². The van der Waals surface area contributed by atoms with Gasteiger partial charge in [-0.25, -0.2) is 0 Å². The third-order valence-corrected chi connectivity index (χ3v) is 8.44. The van der Waals surface area contributed by atoms with Gasteiger partial charge in [0, 0.05) is 12.6 Å². The summed E-state index contributed by atoms with van der Waals surface area (Å²) in [6.45, 7) is 11.9. The van der Waals surface area contributed by atoms with Crippen LogP contribution in [-0.4, -0.2) is 41.6 Å². The number of carboxylic acid groups (broad SMARTS) is 1. The minimum Gasteiger partial charge on any atom is -0.530 e. The van der Waals surface area contributed by atoms with Crippen LogP contribution in [0.1, 0.15) is 68.3 Å². The summed E-state index contributed by atoms with van der Waals surface area (Å²) in [6, 6.07) is 13.4. The highest BCUT2D eigenvalue weighted by molar-refractivity contribution is 5.71. The molecule has 4 nitrogen and oxygen atoms in total. The van der Waals surface area contributed by atoms with Crippen molar-refractivity contribution in [2.45, 2.75) is 71.9 Å². The summed E-state index contributed by atoms with van der Waals surface area (Å²) in [5.74, 6) is 0.453. The molecule has 3 fully saturated rings. The van der Waals surface area contributed by atoms with Crippen LogP contribution in [0.2, 0.25) is 0 Å². The minimum absolute atomic E-state index is 0.0406. The summed E-state index contributed by atoms with van der Waals surface area (Å²) in [6.07, 6.45) is 4.34. The molecule has 0 spiro atoms. The van der Waals surface area contributed by atoms with Gasteiger partial charge in [0.15, 0.2) is 0 Å². The van der Waals surface area contributed by atoms with Crippen molar-refractivity contribution in [2.75, 3.05) is 19.6 Å². The van der Waals surface area contributed by atoms with Crippen molar-refractivity contribution in [1.29, 1.82) is 0 Å². The molecule has 4 aliphatic rings. The average molecular weight is 446 g/mol. The number of hydrogen-bond donors (Lipinski definition) is 0. The number of nitrogens with zero attached hydrogens (tertiary/aromatic N) is 2. The first kappa shape index (κ1) is 22.5. The van der Waals surface area contributed by atoms with Gasteiger partial charge in [0.25, 0.3) is 0 Å². The normalized spacial score (nSPS) is 27.4. The Morgan fingerprint density at radius 3 is 2.42 bits per heavy atom. The number of piperidine rings is 3. The lowest BCUT2D eigenvalue weighted by atomic mass is 9.79. The highest BCUT2D eigenvalue weighted by atomic mass is 16.4. The number of carbonyl (C=O) groups is 1. The van der Waals surface area contributed by atoms with Crippen molar-refractivity contribution in [1.82, 2.24) is 9.80 Å². The van der Waals surface area contributed by atoms with Crippen molar-refractivity contribution >= 4 is 6.09 Å². The second kappa shape index (κ2) is 8.47. The van der Waals surface area contributed by atoms with E-state index in [0.717, 1.165) is 51.7 Å². The summed E-state index contributed by atoms with van der Waals surface area (Å²) in [5.41, 5.74) is 7.40. The van der Waals surface area contributed by atoms with Gasteiger partial charge < -0.3 is 19.7 Å². The number of hydrogen-bond acceptors (Lipinski definition) is 3. The van der Waals surface area contributed by atoms with E-state index in [1.54, 1.807) is 4.90 Å². The Morgan fingerprint density at radius 1 is 1.15 bits per heavy atom. The lowest BCUT2D eigenvalue weighted by Crippen LogP contribution is -2.62. The van der Waals surface area contributed by atoms with E-state index in [4.69, 9.17) is 0 Å². The van der Waals surface area contributed by atoms with Gasteiger partial charge >= 0.3 is 0 Å². The maximum absolute atomic E-state index is 12.6. The lowest BCUT2D eigenvalue weighted by molar-refractivity contribution is -0.276. The molecule has 0 saturated carbocycles. The van der Waals surface area contributed by atoms with Crippen LogP contribution in [0.25, 0.3) is 11.1 Å². The molecule has 0 aromatic heterocycles. The molecule has 4 heteroatoms. The molecule has 33 heavy (non-hydrogen) atoms. The summed E-state index contributed by atoms with van der Waals surface area (Å²) >= 11 is 0. The first-order valence-corrected chi connectivity index (χ1v) is 12.7. The van der Waals surface area contributed by atoms with Crippen LogP contribution in [0.5, 0.6) is 0 Å². The number of aryl methyl sites for hydroxylation is 2. The molecule has 176 valence electrons. The molecule has 0 N–H and O–H groups in total. The topological polar surface area (TPSA) is 46.6 Å². The van der Waals surface area contributed by atoms with Crippen LogP contribution >= 0.6 is 0 Å². The summed E-state index contributed by atoms with van der Waals surface area (Å²) in [5, 5.41) is 12.6. The van der Waals surface area contributed by atoms with Crippen LogP contribution in [0.3, 0.4) is 0 Å². The molecule has 2 aromatic rings. The van der Waals surface area contributed by atoms with Crippen molar-refractivity contribution in [3.8, 4) is 11.1 Å². The maximum Gasteiger partial charge on any atom is 0.137 e. The molecule has 2 bridgehead atoms. The second-order valence-electron chi connectivity index (χ2n) is 11.3. The van der Waals surface area contributed by atoms with E-state index in [-0.39, 0.29) is 17.5 Å². The van der Waals surface area contributed by atoms with E-state index in [2.05, 4.69) is 69.0 Å². The minimum atomic E-state index is -1.01. The molecule has 2 aromatic carbocycles. The van der Waals surface area contributed by atoms with Gasteiger partial charge in [-0.1, -0.05) is 63.6 Å². The number of benzene rings is 2. The van der Waals surface area contributed by atoms with Crippen LogP contribution in [0.15, 0.2) is 36.4 Å². The van der Waals surface area contributed by atoms with Crippen molar-refractivity contribution in [3.63, 3.8) is 0 Å². The van der Waals surface area contributed by atoms with Gasteiger partial charge in [-0.2, -0.15) is 0 Å². The first-order chi connectivity index (χ1) is 15.8. The number of carbonyl (C=O) groups excluding carboxylic acids is 1. The third-order valence-electron chi connectivity index (χ3n) is 8.44. The van der Waals surface area contributed by atoms with Crippen molar-refractivity contribution in [3.05, 3.63) is 58.7 Å². The molecule has 0 radical (unpaired) electrons. The predicted octanol–water partition coefficient (Wildman–Crippen LogP) is 4.98. The summed E-state index contributed by atoms with van der Waals surface area (Å²) in [7, 11) is 0. The zero-order valence-electron chi connectivity index (χ0n) is 20.6. The Kier molecular flexibility index (Phi) is 5.76. The molecule has 3 aliphatic heterocycles. The number of rotatable bonds is 5. The Hall–Kier alpha value is -2.33. The van der Waals surface area contributed by atoms with Gasteiger partial charge in [0.2, 0.25) is 0 Å². The first-order valence-electron chi connectivity index (χ1n) is 12.7. The van der Waals surface area contributed by atoms with E-state index in [9.17, 15) is 9.90 Å². The molecule has 0 unspecified atom stereocenters. The van der Waals surface area contributed by atoms with Crippen LogP contribution in [-0.2, 0) is 12.8 Å². The quantitative estimate of drug-likeness (QED) is 0.652. The Morgan fingerprint density at radius 2 is 1.85 bits per heavy atom. The van der Waals surface area contributed by atoms with Gasteiger partial charge in [0.05, 0.1) is 6.04 Å². The standard InChI is InChI=1S/C29H38N2O2/c1-5-6-20-7-9-21(10-8-20)24-16-23-17-29(3,4)27(25(23)15-19(24)2)31(28(32)33)26-18-30-13-11-22(26)12-14-30/h7-10,15-16,22,26-27H,5-6,11-14,17-18H2,1-4H3,(H,32,33)/p-1/t26-,27+/m1/s1. The smallest absolute Gasteiger partial charge is 0.137 e. The fraction of sp³-hybridized carbons (Fsp3) is 0.552. The molecular weight excluding hydrogens is 408 g/mol. The zero-order valence-corrected chi connectivity index (χ0v) is 20.6. The molecule has 6 rings (SSSR count). The monoisotopic (exact) mass is 445 g/mol. The average Bonchev–Trinajstić information content (AvgIpc) is 3.04. The largest absolute Gasteiger partial charge is 0.530 e. The summed E-state index contributed by atoms with van der Waals surface area (Å²) in [4.78, 5) is 16.8. The van der Waals surface area contributed by atoms with Crippen molar-refractivity contribution < 1.29 is 9.90 Å². The SMILES string of the molecule is CCCc1ccc(-c2cc3c(cc2C)[C@H](N(C(=O)[O-])[C@@H]2CN4CCC2CC4)C(C)(C)C3)cc1. The predicted molar refractivity (Wildman–Crippen MR) is 131 cm³/mol. The molecule has 1 amide bonds. The van der Waals surface area contributed by atoms with E-state index >= 15 is 0 Å². The molecule has 2 atom stereocenters. The fourth-order valence-electron chi connectivity index (χ4n) is 6.85. The van der Waals surface area contributed by atoms with Gasteiger partial charge in [-0.15, -0.1) is 0 Å². The molecule has 3 heterocycles. The fourth-order valence-corrected chi connectivity index (χ4v) is 6.85. The molecule has 1 aliphatic carbocycles. The van der Waals surface area contributed by atoms with Crippen LogP contribution in [0, 0.1) is 18.3 Å². The van der Waals surface area contributed by atoms with Gasteiger partial charge in [-0.3, -0.25) is 0 Å².